The van der Waals surface area contributed by atoms with Gasteiger partial charge in [-0.1, -0.05) is 0 Å². The van der Waals surface area contributed by atoms with Gasteiger partial charge in [0.05, 0.1) is 20.9 Å². The maximum absolute atomic E-state index is 12.2. The Bertz CT molecular complexity index is 920. The van der Waals surface area contributed by atoms with Crippen molar-refractivity contribution >= 4 is 45.4 Å². The van der Waals surface area contributed by atoms with Crippen LogP contribution < -0.4 is 10.6 Å². The van der Waals surface area contributed by atoms with Crippen LogP contribution in [0.3, 0.4) is 0 Å². The van der Waals surface area contributed by atoms with Gasteiger partial charge in [-0.3, -0.25) is 10.6 Å². The first-order chi connectivity index (χ1) is 13.2. The number of thiazole rings is 1. The first-order valence-corrected chi connectivity index (χ1v) is 10.00. The van der Waals surface area contributed by atoms with E-state index in [9.17, 15) is 9.59 Å². The molecule has 0 atom stereocenters. The number of aryl methyl sites for hydroxylation is 2. The van der Waals surface area contributed by atoms with Crippen LogP contribution in [0.1, 0.15) is 52.1 Å². The number of nitrogens with one attached hydrogen (secondary N) is 2. The van der Waals surface area contributed by atoms with E-state index in [-0.39, 0.29) is 5.96 Å². The number of benzene rings is 1. The SMILES string of the molecule is Cc1nc2cc(C)c(N=C(NC(=O)OC(C)(C)C)NC(=O)OC(C)(C)C)cc2s1. The lowest BCUT2D eigenvalue weighted by Gasteiger charge is -2.22. The minimum Gasteiger partial charge on any atom is -0.444 e. The third kappa shape index (κ3) is 7.34. The molecule has 158 valence electrons. The van der Waals surface area contributed by atoms with Gasteiger partial charge < -0.3 is 9.47 Å². The molecular formula is C20H28N4O4S. The van der Waals surface area contributed by atoms with E-state index < -0.39 is 23.4 Å². The molecule has 0 aliphatic heterocycles. The number of carbonyl (C=O) groups is 2. The molecule has 2 rings (SSSR count). The molecule has 0 saturated heterocycles. The zero-order valence-corrected chi connectivity index (χ0v) is 18.9. The van der Waals surface area contributed by atoms with E-state index in [0.717, 1.165) is 20.8 Å². The quantitative estimate of drug-likeness (QED) is 0.502. The molecule has 1 heterocycles. The molecular weight excluding hydrogens is 392 g/mol. The van der Waals surface area contributed by atoms with Gasteiger partial charge in [-0.2, -0.15) is 0 Å². The van der Waals surface area contributed by atoms with Crippen LogP contribution in [-0.4, -0.2) is 34.3 Å². The first kappa shape index (κ1) is 22.6. The second-order valence-electron chi connectivity index (χ2n) is 8.55. The molecule has 2 aromatic rings. The average molecular weight is 421 g/mol. The molecule has 0 aliphatic carbocycles. The molecule has 0 radical (unpaired) electrons. The molecule has 29 heavy (non-hydrogen) atoms. The Kier molecular flexibility index (Phi) is 6.52. The van der Waals surface area contributed by atoms with E-state index in [4.69, 9.17) is 9.47 Å². The van der Waals surface area contributed by atoms with Gasteiger partial charge in [-0.25, -0.2) is 19.6 Å². The van der Waals surface area contributed by atoms with Crippen LogP contribution in [0.2, 0.25) is 0 Å². The highest BCUT2D eigenvalue weighted by Crippen LogP contribution is 2.29. The number of nitrogens with zero attached hydrogens (tertiary/aromatic N) is 2. The third-order valence-electron chi connectivity index (χ3n) is 3.28. The smallest absolute Gasteiger partial charge is 0.414 e. The minimum atomic E-state index is -0.736. The standard InChI is InChI=1S/C20H28N4O4S/c1-11-9-14-15(29-12(2)21-14)10-13(11)22-16(23-17(25)27-19(3,4)5)24-18(26)28-20(6,7)8/h9-10H,1-8H3,(H2,22,23,24,25,26). The maximum Gasteiger partial charge on any atom is 0.414 e. The van der Waals surface area contributed by atoms with Gasteiger partial charge >= 0.3 is 12.2 Å². The molecule has 0 fully saturated rings. The van der Waals surface area contributed by atoms with Crippen molar-refractivity contribution in [3.05, 3.63) is 22.7 Å². The molecule has 9 heteroatoms. The van der Waals surface area contributed by atoms with Crippen LogP contribution in [0.5, 0.6) is 0 Å². The first-order valence-electron chi connectivity index (χ1n) is 9.18. The molecule has 0 saturated carbocycles. The number of aromatic nitrogens is 1. The monoisotopic (exact) mass is 420 g/mol. The minimum absolute atomic E-state index is 0.0859. The highest BCUT2D eigenvalue weighted by Gasteiger charge is 2.21. The Morgan fingerprint density at radius 1 is 0.966 bits per heavy atom. The number of amides is 2. The van der Waals surface area contributed by atoms with Gasteiger partial charge in [0.2, 0.25) is 5.96 Å². The summed E-state index contributed by atoms with van der Waals surface area (Å²) >= 11 is 1.54. The molecule has 0 spiro atoms. The predicted octanol–water partition coefficient (Wildman–Crippen LogP) is 4.95. The molecule has 1 aromatic carbocycles. The summed E-state index contributed by atoms with van der Waals surface area (Å²) in [5, 5.41) is 5.91. The van der Waals surface area contributed by atoms with Crippen molar-refractivity contribution in [1.29, 1.82) is 0 Å². The van der Waals surface area contributed by atoms with E-state index in [1.807, 2.05) is 26.0 Å². The summed E-state index contributed by atoms with van der Waals surface area (Å²) < 4.78 is 11.5. The number of carbonyl (C=O) groups excluding carboxylic acids is 2. The Morgan fingerprint density at radius 2 is 1.48 bits per heavy atom. The highest BCUT2D eigenvalue weighted by molar-refractivity contribution is 7.18. The van der Waals surface area contributed by atoms with Crippen molar-refractivity contribution in [2.24, 2.45) is 4.99 Å². The Balaban J connectivity index is 2.35. The topological polar surface area (TPSA) is 102 Å². The van der Waals surface area contributed by atoms with Gasteiger partial charge in [0.1, 0.15) is 11.2 Å². The summed E-state index contributed by atoms with van der Waals surface area (Å²) in [6.07, 6.45) is -1.47. The van der Waals surface area contributed by atoms with Crippen LogP contribution in [0.15, 0.2) is 17.1 Å². The van der Waals surface area contributed by atoms with Gasteiger partial charge in [-0.05, 0) is 73.1 Å². The molecule has 8 nitrogen and oxygen atoms in total. The molecule has 0 unspecified atom stereocenters. The van der Waals surface area contributed by atoms with Crippen LogP contribution in [0.25, 0.3) is 10.2 Å². The second kappa shape index (κ2) is 8.36. The van der Waals surface area contributed by atoms with E-state index in [1.165, 1.54) is 0 Å². The van der Waals surface area contributed by atoms with E-state index in [1.54, 1.807) is 52.9 Å². The maximum atomic E-state index is 12.2. The van der Waals surface area contributed by atoms with Crippen molar-refractivity contribution in [3.63, 3.8) is 0 Å². The number of aliphatic imine (C=N–C) groups is 1. The van der Waals surface area contributed by atoms with Crippen LogP contribution in [-0.2, 0) is 9.47 Å². The average Bonchev–Trinajstić information content (AvgIpc) is 2.82. The van der Waals surface area contributed by atoms with Crippen LogP contribution in [0.4, 0.5) is 15.3 Å². The van der Waals surface area contributed by atoms with Gasteiger partial charge in [0.15, 0.2) is 0 Å². The summed E-state index contributed by atoms with van der Waals surface area (Å²) in [7, 11) is 0. The zero-order chi connectivity index (χ0) is 22.0. The van der Waals surface area contributed by atoms with E-state index >= 15 is 0 Å². The summed E-state index contributed by atoms with van der Waals surface area (Å²) in [6.45, 7) is 14.3. The number of ether oxygens (including phenoxy) is 2. The van der Waals surface area contributed by atoms with Gasteiger partial charge in [-0.15, -0.1) is 11.3 Å². The highest BCUT2D eigenvalue weighted by atomic mass is 32.1. The van der Waals surface area contributed by atoms with Gasteiger partial charge in [0, 0.05) is 0 Å². The molecule has 2 N–H and O–H groups in total. The lowest BCUT2D eigenvalue weighted by atomic mass is 10.2. The van der Waals surface area contributed by atoms with Crippen LogP contribution in [0, 0.1) is 13.8 Å². The Morgan fingerprint density at radius 3 is 1.97 bits per heavy atom. The molecule has 1 aromatic heterocycles. The van der Waals surface area contributed by atoms with Crippen molar-refractivity contribution in [2.45, 2.75) is 66.6 Å². The number of rotatable bonds is 1. The fraction of sp³-hybridized carbons (Fsp3) is 0.500. The number of hydrogen-bond acceptors (Lipinski definition) is 7. The fourth-order valence-electron chi connectivity index (χ4n) is 2.31. The summed E-state index contributed by atoms with van der Waals surface area (Å²) in [6, 6.07) is 3.78. The number of fused-ring (bicyclic) bond motifs is 1. The van der Waals surface area contributed by atoms with Crippen molar-refractivity contribution < 1.29 is 19.1 Å². The number of guanidine groups is 1. The van der Waals surface area contributed by atoms with E-state index in [2.05, 4.69) is 20.6 Å². The van der Waals surface area contributed by atoms with Crippen molar-refractivity contribution in [3.8, 4) is 0 Å². The predicted molar refractivity (Wildman–Crippen MR) is 115 cm³/mol. The third-order valence-corrected chi connectivity index (χ3v) is 4.22. The van der Waals surface area contributed by atoms with Gasteiger partial charge in [0.25, 0.3) is 0 Å². The lowest BCUT2D eigenvalue weighted by molar-refractivity contribution is 0.0545. The summed E-state index contributed by atoms with van der Waals surface area (Å²) in [5.74, 6) is -0.0859. The largest absolute Gasteiger partial charge is 0.444 e. The molecule has 0 aliphatic rings. The van der Waals surface area contributed by atoms with Crippen LogP contribution >= 0.6 is 11.3 Å². The Hall–Kier alpha value is -2.68. The fourth-order valence-corrected chi connectivity index (χ4v) is 3.15. The van der Waals surface area contributed by atoms with Crippen molar-refractivity contribution in [2.75, 3.05) is 0 Å². The molecule has 0 bridgehead atoms. The van der Waals surface area contributed by atoms with E-state index in [0.29, 0.717) is 5.69 Å². The Labute approximate surface area is 174 Å². The zero-order valence-electron chi connectivity index (χ0n) is 18.1. The lowest BCUT2D eigenvalue weighted by Crippen LogP contribution is -2.47. The summed E-state index contributed by atoms with van der Waals surface area (Å²) in [4.78, 5) is 33.3. The second-order valence-corrected chi connectivity index (χ2v) is 9.79. The number of hydrogen-bond donors (Lipinski definition) is 2. The number of alkyl carbamates (subject to hydrolysis) is 2. The summed E-state index contributed by atoms with van der Waals surface area (Å²) in [5.41, 5.74) is 0.915. The van der Waals surface area contributed by atoms with Crippen molar-refractivity contribution in [1.82, 2.24) is 15.6 Å². The normalized spacial score (nSPS) is 11.7. The molecule has 2 amide bonds.